The molecule has 2 rings (SSSR count). The van der Waals surface area contributed by atoms with Gasteiger partial charge in [0.2, 0.25) is 5.91 Å². The van der Waals surface area contributed by atoms with E-state index in [1.807, 2.05) is 24.3 Å². The summed E-state index contributed by atoms with van der Waals surface area (Å²) in [6, 6.07) is 7.76. The lowest BCUT2D eigenvalue weighted by Gasteiger charge is -2.15. The number of hydrogen-bond donors (Lipinski definition) is 1. The third-order valence-electron chi connectivity index (χ3n) is 2.59. The van der Waals surface area contributed by atoms with E-state index in [2.05, 4.69) is 4.98 Å². The summed E-state index contributed by atoms with van der Waals surface area (Å²) in [5.74, 6) is -1.36. The Morgan fingerprint density at radius 2 is 2.10 bits per heavy atom. The minimum Gasteiger partial charge on any atom is -0.480 e. The molecule has 0 unspecified atom stereocenters. The molecule has 0 aliphatic heterocycles. The summed E-state index contributed by atoms with van der Waals surface area (Å²) in [5, 5.41) is 9.26. The number of amides is 1. The van der Waals surface area contributed by atoms with Crippen LogP contribution in [0.5, 0.6) is 0 Å². The van der Waals surface area contributed by atoms with Crippen molar-refractivity contribution in [2.75, 3.05) is 20.3 Å². The van der Waals surface area contributed by atoms with Crippen LogP contribution in [-0.4, -0.2) is 47.1 Å². The Morgan fingerprint density at radius 1 is 1.35 bits per heavy atom. The summed E-state index contributed by atoms with van der Waals surface area (Å²) in [5.41, 5.74) is 0.912. The monoisotopic (exact) mass is 294 g/mol. The Kier molecular flexibility index (Phi) is 4.65. The minimum atomic E-state index is -1.09. The van der Waals surface area contributed by atoms with Gasteiger partial charge in [-0.1, -0.05) is 12.1 Å². The summed E-state index contributed by atoms with van der Waals surface area (Å²) in [6.45, 7) is -0.330. The van der Waals surface area contributed by atoms with Crippen molar-refractivity contribution in [3.05, 3.63) is 29.3 Å². The zero-order chi connectivity index (χ0) is 14.5. The number of nitrogens with zero attached hydrogens (tertiary/aromatic N) is 2. The highest BCUT2D eigenvalue weighted by molar-refractivity contribution is 7.18. The second-order valence-electron chi connectivity index (χ2n) is 4.21. The molecule has 7 heteroatoms. The van der Waals surface area contributed by atoms with Crippen molar-refractivity contribution in [3.63, 3.8) is 0 Å². The van der Waals surface area contributed by atoms with Gasteiger partial charge in [-0.3, -0.25) is 4.79 Å². The van der Waals surface area contributed by atoms with Crippen LogP contribution in [0.15, 0.2) is 24.3 Å². The topological polar surface area (TPSA) is 79.7 Å². The van der Waals surface area contributed by atoms with Gasteiger partial charge in [-0.25, -0.2) is 9.78 Å². The smallest absolute Gasteiger partial charge is 0.329 e. The Morgan fingerprint density at radius 3 is 2.80 bits per heavy atom. The Hall–Kier alpha value is -1.99. The molecule has 2 aromatic rings. The van der Waals surface area contributed by atoms with E-state index in [0.717, 1.165) is 15.2 Å². The first-order chi connectivity index (χ1) is 9.56. The number of para-hydroxylation sites is 1. The maximum atomic E-state index is 11.7. The summed E-state index contributed by atoms with van der Waals surface area (Å²) in [7, 11) is 1.64. The van der Waals surface area contributed by atoms with Gasteiger partial charge in [0, 0.05) is 7.05 Å². The van der Waals surface area contributed by atoms with E-state index < -0.39 is 12.6 Å². The van der Waals surface area contributed by atoms with E-state index >= 15 is 0 Å². The average Bonchev–Trinajstić information content (AvgIpc) is 2.80. The number of ether oxygens (including phenoxy) is 1. The predicted molar refractivity (Wildman–Crippen MR) is 74.5 cm³/mol. The number of fused-ring (bicyclic) bond motifs is 1. The molecule has 6 nitrogen and oxygen atoms in total. The molecule has 1 N–H and O–H groups in total. The molecule has 1 amide bonds. The number of thiazole rings is 1. The van der Waals surface area contributed by atoms with Gasteiger partial charge in [0.25, 0.3) is 0 Å². The van der Waals surface area contributed by atoms with Crippen LogP contribution in [0.4, 0.5) is 0 Å². The molecule has 0 bridgehead atoms. The minimum absolute atomic E-state index is 0.242. The maximum absolute atomic E-state index is 11.7. The van der Waals surface area contributed by atoms with Gasteiger partial charge in [0.1, 0.15) is 18.2 Å². The number of hydrogen-bond acceptors (Lipinski definition) is 5. The number of carbonyl (C=O) groups is 2. The van der Waals surface area contributed by atoms with Gasteiger partial charge >= 0.3 is 5.97 Å². The largest absolute Gasteiger partial charge is 0.480 e. The van der Waals surface area contributed by atoms with Crippen molar-refractivity contribution in [3.8, 4) is 0 Å². The van der Waals surface area contributed by atoms with Crippen molar-refractivity contribution >= 4 is 33.4 Å². The predicted octanol–water partition coefficient (Wildman–Crippen LogP) is 1.36. The number of carboxylic acids is 1. The molecule has 1 aromatic carbocycles. The van der Waals surface area contributed by atoms with E-state index in [-0.39, 0.29) is 12.5 Å². The van der Waals surface area contributed by atoms with Gasteiger partial charge < -0.3 is 14.7 Å². The van der Waals surface area contributed by atoms with Gasteiger partial charge in [0.05, 0.1) is 16.8 Å². The summed E-state index contributed by atoms with van der Waals surface area (Å²) < 4.78 is 5.84. The van der Waals surface area contributed by atoms with E-state index in [0.29, 0.717) is 6.54 Å². The van der Waals surface area contributed by atoms with Gasteiger partial charge in [0.15, 0.2) is 0 Å². The number of likely N-dealkylation sites (N-methyl/N-ethyl adjacent to an activating group) is 1. The number of carboxylic acid groups (broad SMARTS) is 1. The number of aromatic nitrogens is 1. The Bertz CT molecular complexity index is 593. The average molecular weight is 294 g/mol. The van der Waals surface area contributed by atoms with Crippen LogP contribution in [0.25, 0.3) is 10.2 Å². The second kappa shape index (κ2) is 6.44. The van der Waals surface area contributed by atoms with Gasteiger partial charge in [-0.15, -0.1) is 11.3 Å². The first-order valence-corrected chi connectivity index (χ1v) is 6.76. The van der Waals surface area contributed by atoms with Crippen molar-refractivity contribution in [1.29, 1.82) is 0 Å². The lowest BCUT2D eigenvalue weighted by Crippen LogP contribution is -2.30. The van der Waals surface area contributed by atoms with Gasteiger partial charge in [-0.05, 0) is 12.1 Å². The molecule has 1 heterocycles. The molecule has 0 atom stereocenters. The van der Waals surface area contributed by atoms with Crippen molar-refractivity contribution < 1.29 is 19.4 Å². The van der Waals surface area contributed by atoms with Crippen molar-refractivity contribution in [2.24, 2.45) is 0 Å². The zero-order valence-corrected chi connectivity index (χ0v) is 11.7. The molecule has 0 aliphatic rings. The first kappa shape index (κ1) is 14.4. The highest BCUT2D eigenvalue weighted by atomic mass is 32.1. The van der Waals surface area contributed by atoms with Gasteiger partial charge in [-0.2, -0.15) is 0 Å². The van der Waals surface area contributed by atoms with Crippen LogP contribution < -0.4 is 0 Å². The van der Waals surface area contributed by atoms with Crippen molar-refractivity contribution in [1.82, 2.24) is 9.88 Å². The zero-order valence-electron chi connectivity index (χ0n) is 10.9. The van der Waals surface area contributed by atoms with E-state index in [4.69, 9.17) is 9.84 Å². The summed E-state index contributed by atoms with van der Waals surface area (Å²) >= 11 is 1.53. The summed E-state index contributed by atoms with van der Waals surface area (Å²) in [4.78, 5) is 27.9. The molecule has 1 aromatic heterocycles. The number of aliphatic carboxylic acids is 1. The highest BCUT2D eigenvalue weighted by Crippen LogP contribution is 2.22. The van der Waals surface area contributed by atoms with E-state index in [1.54, 1.807) is 7.05 Å². The molecular weight excluding hydrogens is 280 g/mol. The number of rotatable bonds is 6. The normalized spacial score (nSPS) is 10.7. The second-order valence-corrected chi connectivity index (χ2v) is 5.33. The molecular formula is C13H14N2O4S. The number of carbonyl (C=O) groups excluding carboxylic acids is 1. The standard InChI is InChI=1S/C13H14N2O4S/c1-15(12(16)7-19-8-13(17)18)6-11-14-9-4-2-3-5-10(9)20-11/h2-5H,6-8H2,1H3,(H,17,18). The fraction of sp³-hybridized carbons (Fsp3) is 0.308. The quantitative estimate of drug-likeness (QED) is 0.870. The van der Waals surface area contributed by atoms with Crippen LogP contribution in [0.2, 0.25) is 0 Å². The van der Waals surface area contributed by atoms with E-state index in [9.17, 15) is 9.59 Å². The van der Waals surface area contributed by atoms with E-state index in [1.165, 1.54) is 16.2 Å². The molecule has 0 saturated carbocycles. The molecule has 0 fully saturated rings. The molecule has 0 radical (unpaired) electrons. The summed E-state index contributed by atoms with van der Waals surface area (Å²) in [6.07, 6.45) is 0. The van der Waals surface area contributed by atoms with Crippen LogP contribution in [0.1, 0.15) is 5.01 Å². The molecule has 20 heavy (non-hydrogen) atoms. The molecule has 0 saturated heterocycles. The van der Waals surface area contributed by atoms with Crippen LogP contribution >= 0.6 is 11.3 Å². The Balaban J connectivity index is 1.91. The van der Waals surface area contributed by atoms with Crippen LogP contribution in [-0.2, 0) is 20.9 Å². The maximum Gasteiger partial charge on any atom is 0.329 e. The fourth-order valence-electron chi connectivity index (χ4n) is 1.61. The Labute approximate surface area is 119 Å². The van der Waals surface area contributed by atoms with Crippen LogP contribution in [0, 0.1) is 0 Å². The molecule has 0 spiro atoms. The number of benzene rings is 1. The molecule has 106 valence electrons. The van der Waals surface area contributed by atoms with Crippen molar-refractivity contribution in [2.45, 2.75) is 6.54 Å². The van der Waals surface area contributed by atoms with Crippen LogP contribution in [0.3, 0.4) is 0 Å². The first-order valence-electron chi connectivity index (χ1n) is 5.94. The fourth-order valence-corrected chi connectivity index (χ4v) is 2.64. The SMILES string of the molecule is CN(Cc1nc2ccccc2s1)C(=O)COCC(=O)O. The third kappa shape index (κ3) is 3.75. The highest BCUT2D eigenvalue weighted by Gasteiger charge is 2.12. The lowest BCUT2D eigenvalue weighted by molar-refractivity contribution is -0.145. The third-order valence-corrected chi connectivity index (χ3v) is 3.61. The molecule has 0 aliphatic carbocycles. The lowest BCUT2D eigenvalue weighted by atomic mass is 10.3.